The number of nitrogens with zero attached hydrogens (tertiary/aromatic N) is 3. The molecule has 0 unspecified atom stereocenters. The van der Waals surface area contributed by atoms with Gasteiger partial charge in [0.15, 0.2) is 6.19 Å². The van der Waals surface area contributed by atoms with E-state index in [0.717, 1.165) is 11.1 Å². The first kappa shape index (κ1) is 20.6. The van der Waals surface area contributed by atoms with Gasteiger partial charge in [0, 0.05) is 30.1 Å². The second kappa shape index (κ2) is 8.52. The molecule has 28 heavy (non-hydrogen) atoms. The van der Waals surface area contributed by atoms with Crippen molar-refractivity contribution < 1.29 is 13.2 Å². The first-order valence-electron chi connectivity index (χ1n) is 8.90. The topological polar surface area (TPSA) is 73.6 Å². The molecule has 8 heteroatoms. The highest BCUT2D eigenvalue weighted by molar-refractivity contribution is 9.10. The third kappa shape index (κ3) is 4.32. The van der Waals surface area contributed by atoms with E-state index in [0.29, 0.717) is 29.7 Å². The van der Waals surface area contributed by atoms with Gasteiger partial charge in [-0.2, -0.15) is 9.57 Å². The molecule has 6 nitrogen and oxygen atoms in total. The number of likely N-dealkylation sites (tertiary alicyclic amines) is 1. The summed E-state index contributed by atoms with van der Waals surface area (Å²) < 4.78 is 34.8. The molecular weight excluding hydrogens is 442 g/mol. The van der Waals surface area contributed by atoms with Gasteiger partial charge >= 0.3 is 0 Å². The summed E-state index contributed by atoms with van der Waals surface area (Å²) in [6, 6.07) is 12.5. The van der Waals surface area contributed by atoms with Gasteiger partial charge in [-0.3, -0.25) is 0 Å². The molecule has 0 spiro atoms. The van der Waals surface area contributed by atoms with Crippen LogP contribution in [0.3, 0.4) is 0 Å². The number of rotatable bonds is 6. The van der Waals surface area contributed by atoms with E-state index in [9.17, 15) is 13.7 Å². The Bertz CT molecular complexity index is 1000. The van der Waals surface area contributed by atoms with E-state index in [1.165, 1.54) is 11.4 Å². The van der Waals surface area contributed by atoms with E-state index < -0.39 is 10.0 Å². The van der Waals surface area contributed by atoms with E-state index in [2.05, 4.69) is 22.1 Å². The van der Waals surface area contributed by atoms with Crippen LogP contribution in [0.5, 0.6) is 5.75 Å². The number of aryl methyl sites for hydroxylation is 1. The molecule has 1 fully saturated rings. The van der Waals surface area contributed by atoms with E-state index in [1.807, 2.05) is 31.2 Å². The van der Waals surface area contributed by atoms with Crippen molar-refractivity contribution in [2.24, 2.45) is 0 Å². The SMILES string of the molecule is COc1ccc(Br)cc1S(=O)(=O)N(Cc1cccc(C)c1)[C@@H]1CCN(C#N)C1. The molecular formula is C20H22BrN3O3S. The second-order valence-electron chi connectivity index (χ2n) is 6.82. The van der Waals surface area contributed by atoms with Crippen molar-refractivity contribution in [2.75, 3.05) is 20.2 Å². The molecule has 0 aromatic heterocycles. The minimum absolute atomic E-state index is 0.118. The summed E-state index contributed by atoms with van der Waals surface area (Å²) in [6.07, 6.45) is 2.73. The smallest absolute Gasteiger partial charge is 0.247 e. The average molecular weight is 464 g/mol. The quantitative estimate of drug-likeness (QED) is 0.612. The van der Waals surface area contributed by atoms with Gasteiger partial charge in [0.25, 0.3) is 0 Å². The minimum atomic E-state index is -3.85. The molecule has 0 saturated carbocycles. The van der Waals surface area contributed by atoms with Crippen molar-refractivity contribution in [1.29, 1.82) is 5.26 Å². The number of hydrogen-bond acceptors (Lipinski definition) is 5. The first-order chi connectivity index (χ1) is 13.3. The first-order valence-corrected chi connectivity index (χ1v) is 11.1. The standard InChI is InChI=1S/C20H22BrN3O3S/c1-15-4-3-5-16(10-15)12-24(18-8-9-23(13-18)14-22)28(25,26)20-11-17(21)6-7-19(20)27-2/h3-7,10-11,18H,8-9,12-13H2,1-2H3/t18-/m1/s1. The Labute approximate surface area is 174 Å². The van der Waals surface area contributed by atoms with Crippen LogP contribution in [0.4, 0.5) is 0 Å². The molecule has 1 atom stereocenters. The van der Waals surface area contributed by atoms with Crippen molar-refractivity contribution in [1.82, 2.24) is 9.21 Å². The third-order valence-electron chi connectivity index (χ3n) is 4.85. The number of methoxy groups -OCH3 is 1. The maximum Gasteiger partial charge on any atom is 0.247 e. The van der Waals surface area contributed by atoms with Gasteiger partial charge in [-0.05, 0) is 37.1 Å². The monoisotopic (exact) mass is 463 g/mol. The molecule has 1 aliphatic heterocycles. The zero-order chi connectivity index (χ0) is 20.3. The Kier molecular flexibility index (Phi) is 6.28. The minimum Gasteiger partial charge on any atom is -0.495 e. The van der Waals surface area contributed by atoms with Crippen molar-refractivity contribution in [3.8, 4) is 11.9 Å². The molecule has 0 N–H and O–H groups in total. The fourth-order valence-electron chi connectivity index (χ4n) is 3.45. The molecule has 1 aliphatic rings. The van der Waals surface area contributed by atoms with Gasteiger partial charge in [0.1, 0.15) is 10.6 Å². The third-order valence-corrected chi connectivity index (χ3v) is 7.26. The van der Waals surface area contributed by atoms with Crippen LogP contribution in [-0.2, 0) is 16.6 Å². The van der Waals surface area contributed by atoms with Crippen LogP contribution >= 0.6 is 15.9 Å². The van der Waals surface area contributed by atoms with E-state index >= 15 is 0 Å². The molecule has 0 aliphatic carbocycles. The maximum atomic E-state index is 13.7. The highest BCUT2D eigenvalue weighted by atomic mass is 79.9. The van der Waals surface area contributed by atoms with Crippen molar-refractivity contribution >= 4 is 26.0 Å². The van der Waals surface area contributed by atoms with E-state index in [1.54, 1.807) is 23.1 Å². The van der Waals surface area contributed by atoms with Crippen LogP contribution in [-0.4, -0.2) is 43.9 Å². The highest BCUT2D eigenvalue weighted by Crippen LogP contribution is 2.33. The lowest BCUT2D eigenvalue weighted by Gasteiger charge is -2.28. The normalized spacial score (nSPS) is 17.0. The summed E-state index contributed by atoms with van der Waals surface area (Å²) in [4.78, 5) is 1.72. The Balaban J connectivity index is 2.05. The van der Waals surface area contributed by atoms with Gasteiger partial charge < -0.3 is 9.64 Å². The number of ether oxygens (including phenoxy) is 1. The van der Waals surface area contributed by atoms with Crippen LogP contribution in [0.2, 0.25) is 0 Å². The van der Waals surface area contributed by atoms with Crippen LogP contribution in [0.1, 0.15) is 17.5 Å². The number of hydrogen-bond donors (Lipinski definition) is 0. The van der Waals surface area contributed by atoms with E-state index in [-0.39, 0.29) is 17.5 Å². The fraction of sp³-hybridized carbons (Fsp3) is 0.350. The number of nitriles is 1. The molecule has 0 amide bonds. The fourth-order valence-corrected chi connectivity index (χ4v) is 5.78. The summed E-state index contributed by atoms with van der Waals surface area (Å²) in [5.74, 6) is 0.299. The second-order valence-corrected chi connectivity index (χ2v) is 9.60. The van der Waals surface area contributed by atoms with Crippen molar-refractivity contribution in [3.05, 3.63) is 58.1 Å². The number of halogens is 1. The average Bonchev–Trinajstić information content (AvgIpc) is 3.14. The molecule has 2 aromatic rings. The molecule has 148 valence electrons. The van der Waals surface area contributed by atoms with Crippen LogP contribution in [0.25, 0.3) is 0 Å². The molecule has 3 rings (SSSR count). The lowest BCUT2D eigenvalue weighted by molar-refractivity contribution is 0.312. The summed E-state index contributed by atoms with van der Waals surface area (Å²) in [5.41, 5.74) is 1.98. The summed E-state index contributed by atoms with van der Waals surface area (Å²) in [5, 5.41) is 9.21. The molecule has 1 heterocycles. The summed E-state index contributed by atoms with van der Waals surface area (Å²) in [7, 11) is -2.39. The molecule has 0 bridgehead atoms. The highest BCUT2D eigenvalue weighted by Gasteiger charge is 2.37. The van der Waals surface area contributed by atoms with Gasteiger partial charge in [-0.25, -0.2) is 8.42 Å². The number of sulfonamides is 1. The molecule has 2 aromatic carbocycles. The lowest BCUT2D eigenvalue weighted by Crippen LogP contribution is -2.41. The zero-order valence-corrected chi connectivity index (χ0v) is 18.2. The van der Waals surface area contributed by atoms with Gasteiger partial charge in [-0.1, -0.05) is 45.8 Å². The van der Waals surface area contributed by atoms with Gasteiger partial charge in [0.2, 0.25) is 10.0 Å². The van der Waals surface area contributed by atoms with Crippen molar-refractivity contribution in [3.63, 3.8) is 0 Å². The Morgan fingerprint density at radius 3 is 2.75 bits per heavy atom. The van der Waals surface area contributed by atoms with Crippen molar-refractivity contribution in [2.45, 2.75) is 30.8 Å². The van der Waals surface area contributed by atoms with Crippen LogP contribution < -0.4 is 4.74 Å². The van der Waals surface area contributed by atoms with Gasteiger partial charge in [0.05, 0.1) is 7.11 Å². The predicted octanol–water partition coefficient (Wildman–Crippen LogP) is 3.51. The summed E-state index contributed by atoms with van der Waals surface area (Å²) in [6.45, 7) is 3.16. The molecule has 0 radical (unpaired) electrons. The Morgan fingerprint density at radius 2 is 2.11 bits per heavy atom. The van der Waals surface area contributed by atoms with E-state index in [4.69, 9.17) is 4.74 Å². The lowest BCUT2D eigenvalue weighted by atomic mass is 10.1. The Morgan fingerprint density at radius 1 is 1.32 bits per heavy atom. The molecule has 1 saturated heterocycles. The zero-order valence-electron chi connectivity index (χ0n) is 15.8. The number of benzene rings is 2. The van der Waals surface area contributed by atoms with Crippen LogP contribution in [0.15, 0.2) is 51.8 Å². The Hall–Kier alpha value is -2.08. The van der Waals surface area contributed by atoms with Gasteiger partial charge in [-0.15, -0.1) is 0 Å². The predicted molar refractivity (Wildman–Crippen MR) is 110 cm³/mol. The van der Waals surface area contributed by atoms with Crippen LogP contribution in [0, 0.1) is 18.4 Å². The largest absolute Gasteiger partial charge is 0.495 e. The maximum absolute atomic E-state index is 13.7. The summed E-state index contributed by atoms with van der Waals surface area (Å²) >= 11 is 3.36.